The van der Waals surface area contributed by atoms with Gasteiger partial charge in [-0.05, 0) is 36.1 Å². The Bertz CT molecular complexity index is 1850. The molecule has 0 aliphatic rings. The summed E-state index contributed by atoms with van der Waals surface area (Å²) in [6.45, 7) is 4.34. The molecule has 0 radical (unpaired) electrons. The smallest absolute Gasteiger partial charge is 0.323 e. The molecular weight excluding hydrogens is 860 g/mol. The number of esters is 3. The molecule has 0 aliphatic heterocycles. The summed E-state index contributed by atoms with van der Waals surface area (Å²) < 4.78 is 16.1. The number of ether oxygens (including phenoxy) is 3. The molecule has 2 unspecified atom stereocenters. The van der Waals surface area contributed by atoms with Crippen molar-refractivity contribution < 1.29 is 38.5 Å². The summed E-state index contributed by atoms with van der Waals surface area (Å²) in [5.41, 5.74) is 6.23. The second-order valence-electron chi connectivity index (χ2n) is 11.7. The molecule has 0 bridgehead atoms. The molecule has 2 atom stereocenters. The van der Waals surface area contributed by atoms with Crippen LogP contribution in [0.1, 0.15) is 56.7 Å². The number of alkyl halides is 1. The topological polar surface area (TPSA) is 116 Å². The van der Waals surface area contributed by atoms with Crippen LogP contribution in [-0.2, 0) is 45.9 Å². The highest BCUT2D eigenvalue weighted by atomic mass is 35.5. The second-order valence-corrected chi connectivity index (χ2v) is 18.8. The SMILES string of the molecule is COC(=O)C(SC(=S)SCCC(=O)O)c1ccccc1.COC(=O)C(SC(=S)SCCC(=O)OCc1ccc(C)cc1)c1ccccc1.Cc1ccc(CCl)cc1. The van der Waals surface area contributed by atoms with Crippen LogP contribution in [0.4, 0.5) is 0 Å². The Hall–Kier alpha value is -3.37. The summed E-state index contributed by atoms with van der Waals surface area (Å²) in [5.74, 6) is -0.351. The highest BCUT2D eigenvalue weighted by molar-refractivity contribution is 8.47. The lowest BCUT2D eigenvalue weighted by Crippen LogP contribution is -2.12. The standard InChI is InChI=1S/C21H22O4S3.C13H14O4S3.C8H9Cl/c1-15-8-10-16(11-9-15)14-25-18(22)12-13-27-21(26)28-19(20(23)24-2)17-6-4-3-5-7-17;1-17-12(16)11(9-5-3-2-4-6-9)20-13(18)19-8-7-10(14)15;1-7-2-4-8(6-9)5-3-7/h3-11,19H,12-14H2,1-2H3;2-6,11H,7-8H2,1H3,(H,14,15);2-5H,6H2,1H3. The number of aliphatic carboxylic acids is 1. The van der Waals surface area contributed by atoms with E-state index in [1.807, 2.05) is 104 Å². The van der Waals surface area contributed by atoms with Crippen molar-refractivity contribution in [3.05, 3.63) is 143 Å². The van der Waals surface area contributed by atoms with Crippen LogP contribution in [0.15, 0.2) is 109 Å². The molecule has 0 amide bonds. The number of carboxylic acids is 1. The molecule has 0 saturated carbocycles. The summed E-state index contributed by atoms with van der Waals surface area (Å²) in [5, 5.41) is 7.54. The molecule has 0 aromatic heterocycles. The first kappa shape index (κ1) is 49.8. The van der Waals surface area contributed by atoms with E-state index in [-0.39, 0.29) is 37.4 Å². The molecule has 4 aromatic carbocycles. The number of rotatable bonds is 15. The van der Waals surface area contributed by atoms with Gasteiger partial charge in [-0.15, -0.1) is 35.1 Å². The van der Waals surface area contributed by atoms with Gasteiger partial charge in [-0.1, -0.05) is 168 Å². The number of halogens is 1. The van der Waals surface area contributed by atoms with Crippen LogP contribution < -0.4 is 0 Å². The summed E-state index contributed by atoms with van der Waals surface area (Å²) in [4.78, 5) is 46.3. The normalized spacial score (nSPS) is 11.2. The number of hydrogen-bond acceptors (Lipinski definition) is 13. The van der Waals surface area contributed by atoms with Crippen LogP contribution in [0.25, 0.3) is 0 Å². The van der Waals surface area contributed by atoms with Gasteiger partial charge in [0.25, 0.3) is 0 Å². The van der Waals surface area contributed by atoms with Gasteiger partial charge in [-0.2, -0.15) is 0 Å². The van der Waals surface area contributed by atoms with Crippen molar-refractivity contribution >= 4 is 114 Å². The Morgan fingerprint density at radius 1 is 0.632 bits per heavy atom. The molecule has 4 rings (SSSR count). The average Bonchev–Trinajstić information content (AvgIpc) is 3.22. The number of aryl methyl sites for hydroxylation is 2. The quantitative estimate of drug-likeness (QED) is 0.0528. The first-order valence-electron chi connectivity index (χ1n) is 17.3. The van der Waals surface area contributed by atoms with Crippen LogP contribution in [0.5, 0.6) is 0 Å². The number of carboxylic acid groups (broad SMARTS) is 1. The maximum Gasteiger partial charge on any atom is 0.323 e. The third kappa shape index (κ3) is 21.3. The average molecular weight is 906 g/mol. The molecule has 304 valence electrons. The molecule has 57 heavy (non-hydrogen) atoms. The maximum absolute atomic E-state index is 12.1. The Labute approximate surface area is 367 Å². The third-order valence-electron chi connectivity index (χ3n) is 7.32. The van der Waals surface area contributed by atoms with E-state index in [4.69, 9.17) is 55.4 Å². The number of hydrogen-bond donors (Lipinski definition) is 1. The molecule has 1 N–H and O–H groups in total. The molecule has 0 saturated heterocycles. The number of carbonyl (C=O) groups excluding carboxylic acids is 3. The van der Waals surface area contributed by atoms with Crippen molar-refractivity contribution in [1.29, 1.82) is 0 Å². The third-order valence-corrected chi connectivity index (χ3v) is 13.3. The Kier molecular flexibility index (Phi) is 25.3. The molecule has 15 heteroatoms. The number of carbonyl (C=O) groups is 4. The molecule has 0 heterocycles. The van der Waals surface area contributed by atoms with Crippen molar-refractivity contribution in [3.63, 3.8) is 0 Å². The van der Waals surface area contributed by atoms with E-state index in [0.29, 0.717) is 24.4 Å². The van der Waals surface area contributed by atoms with Gasteiger partial charge in [0.05, 0.1) is 27.1 Å². The summed E-state index contributed by atoms with van der Waals surface area (Å²) >= 11 is 21.2. The lowest BCUT2D eigenvalue weighted by Gasteiger charge is -2.14. The first-order valence-corrected chi connectivity index (χ1v) is 22.4. The molecule has 8 nitrogen and oxygen atoms in total. The van der Waals surface area contributed by atoms with Gasteiger partial charge < -0.3 is 19.3 Å². The van der Waals surface area contributed by atoms with Gasteiger partial charge >= 0.3 is 23.9 Å². The molecule has 4 aromatic rings. The van der Waals surface area contributed by atoms with Gasteiger partial charge in [-0.3, -0.25) is 19.2 Å². The monoisotopic (exact) mass is 904 g/mol. The van der Waals surface area contributed by atoms with E-state index in [1.54, 1.807) is 0 Å². The minimum atomic E-state index is -0.863. The minimum Gasteiger partial charge on any atom is -0.481 e. The van der Waals surface area contributed by atoms with Crippen LogP contribution in [0.2, 0.25) is 0 Å². The van der Waals surface area contributed by atoms with Crippen molar-refractivity contribution in [2.24, 2.45) is 0 Å². The van der Waals surface area contributed by atoms with Crippen molar-refractivity contribution in [1.82, 2.24) is 0 Å². The molecule has 0 aliphatic carbocycles. The van der Waals surface area contributed by atoms with Gasteiger partial charge in [0.1, 0.15) is 24.2 Å². The lowest BCUT2D eigenvalue weighted by molar-refractivity contribution is -0.144. The Balaban J connectivity index is 0.000000334. The van der Waals surface area contributed by atoms with E-state index in [9.17, 15) is 19.2 Å². The zero-order chi connectivity index (χ0) is 42.0. The Morgan fingerprint density at radius 2 is 1.04 bits per heavy atom. The van der Waals surface area contributed by atoms with E-state index in [1.165, 1.54) is 78.0 Å². The van der Waals surface area contributed by atoms with Crippen molar-refractivity contribution in [3.8, 4) is 0 Å². The van der Waals surface area contributed by atoms with Crippen LogP contribution in [0.3, 0.4) is 0 Å². The fourth-order valence-corrected chi connectivity index (χ4v) is 9.38. The van der Waals surface area contributed by atoms with Crippen molar-refractivity contribution in [2.75, 3.05) is 25.7 Å². The van der Waals surface area contributed by atoms with Gasteiger partial charge in [0.15, 0.2) is 0 Å². The summed E-state index contributed by atoms with van der Waals surface area (Å²) in [7, 11) is 2.69. The summed E-state index contributed by atoms with van der Waals surface area (Å²) in [6, 6.07) is 34.6. The molecular formula is C42H45ClO8S6. The fourth-order valence-electron chi connectivity index (χ4n) is 4.27. The maximum atomic E-state index is 12.1. The number of thioether (sulfide) groups is 4. The van der Waals surface area contributed by atoms with Crippen LogP contribution in [0, 0.1) is 13.8 Å². The lowest BCUT2D eigenvalue weighted by atomic mass is 10.1. The van der Waals surface area contributed by atoms with Gasteiger partial charge in [-0.25, -0.2) is 0 Å². The van der Waals surface area contributed by atoms with E-state index < -0.39 is 16.5 Å². The Morgan fingerprint density at radius 3 is 1.42 bits per heavy atom. The molecule has 0 fully saturated rings. The molecule has 0 spiro atoms. The van der Waals surface area contributed by atoms with Crippen molar-refractivity contribution in [2.45, 2.75) is 49.7 Å². The largest absolute Gasteiger partial charge is 0.481 e. The number of thiocarbonyl (C=S) groups is 2. The van der Waals surface area contributed by atoms with Gasteiger partial charge in [0, 0.05) is 17.4 Å². The first-order chi connectivity index (χ1) is 27.4. The van der Waals surface area contributed by atoms with Gasteiger partial charge in [0.2, 0.25) is 0 Å². The predicted octanol–water partition coefficient (Wildman–Crippen LogP) is 11.0. The zero-order valence-electron chi connectivity index (χ0n) is 31.9. The van der Waals surface area contributed by atoms with E-state index in [0.717, 1.165) is 16.7 Å². The summed E-state index contributed by atoms with van der Waals surface area (Å²) in [6.07, 6.45) is 0.297. The second kappa shape index (κ2) is 28.9. The predicted molar refractivity (Wildman–Crippen MR) is 246 cm³/mol. The number of benzene rings is 4. The highest BCUT2D eigenvalue weighted by Crippen LogP contribution is 2.36. The highest BCUT2D eigenvalue weighted by Gasteiger charge is 2.25. The van der Waals surface area contributed by atoms with E-state index in [2.05, 4.69) is 19.1 Å². The zero-order valence-corrected chi connectivity index (χ0v) is 37.6. The fraction of sp³-hybridized carbons (Fsp3) is 0.286. The van der Waals surface area contributed by atoms with E-state index >= 15 is 0 Å². The number of methoxy groups -OCH3 is 2. The van der Waals surface area contributed by atoms with Crippen LogP contribution in [-0.4, -0.2) is 61.8 Å². The van der Waals surface area contributed by atoms with Crippen LogP contribution >= 0.6 is 83.1 Å². The minimum absolute atomic E-state index is 0.0413.